The number of anilines is 1. The average molecular weight is 343 g/mol. The van der Waals surface area contributed by atoms with Crippen LogP contribution in [0.5, 0.6) is 0 Å². The third-order valence-corrected chi connectivity index (χ3v) is 4.59. The Morgan fingerprint density at radius 3 is 2.92 bits per heavy atom. The summed E-state index contributed by atoms with van der Waals surface area (Å²) in [5, 5.41) is 13.5. The lowest BCUT2D eigenvalue weighted by atomic mass is 9.99. The minimum atomic E-state index is -0.654. The van der Waals surface area contributed by atoms with E-state index in [4.69, 9.17) is 0 Å². The number of nitrogens with one attached hydrogen (secondary N) is 2. The third kappa shape index (κ3) is 2.99. The van der Waals surface area contributed by atoms with Crippen LogP contribution in [-0.4, -0.2) is 26.6 Å². The molecule has 8 heteroatoms. The van der Waals surface area contributed by atoms with Gasteiger partial charge in [0, 0.05) is 18.2 Å². The first-order chi connectivity index (χ1) is 12.0. The van der Waals surface area contributed by atoms with Crippen molar-refractivity contribution >= 4 is 17.5 Å². The normalized spacial score (nSPS) is 16.3. The molecule has 1 aromatic heterocycles. The van der Waals surface area contributed by atoms with Gasteiger partial charge in [0.1, 0.15) is 11.6 Å². The Balaban J connectivity index is 1.51. The van der Waals surface area contributed by atoms with Gasteiger partial charge in [-0.3, -0.25) is 9.59 Å². The van der Waals surface area contributed by atoms with E-state index in [0.29, 0.717) is 30.4 Å². The predicted molar refractivity (Wildman–Crippen MR) is 87.6 cm³/mol. The van der Waals surface area contributed by atoms with E-state index in [2.05, 4.69) is 20.8 Å². The van der Waals surface area contributed by atoms with Crippen molar-refractivity contribution in [2.24, 2.45) is 0 Å². The fourth-order valence-electron chi connectivity index (χ4n) is 3.17. The average Bonchev–Trinajstić information content (AvgIpc) is 3.35. The molecule has 2 amide bonds. The van der Waals surface area contributed by atoms with Crippen LogP contribution in [0, 0.1) is 12.7 Å². The number of amides is 2. The summed E-state index contributed by atoms with van der Waals surface area (Å²) in [4.78, 5) is 23.8. The Morgan fingerprint density at radius 1 is 1.36 bits per heavy atom. The molecule has 2 aromatic rings. The first-order valence-corrected chi connectivity index (χ1v) is 8.34. The Labute approximate surface area is 143 Å². The van der Waals surface area contributed by atoms with Crippen molar-refractivity contribution in [2.75, 3.05) is 5.32 Å². The van der Waals surface area contributed by atoms with E-state index in [-0.39, 0.29) is 18.0 Å². The van der Waals surface area contributed by atoms with Gasteiger partial charge in [0.25, 0.3) is 5.91 Å². The molecule has 2 aliphatic rings. The number of aromatic nitrogens is 3. The van der Waals surface area contributed by atoms with Gasteiger partial charge in [-0.25, -0.2) is 4.39 Å². The van der Waals surface area contributed by atoms with Crippen LogP contribution in [0.3, 0.4) is 0 Å². The van der Waals surface area contributed by atoms with E-state index >= 15 is 0 Å². The van der Waals surface area contributed by atoms with Crippen molar-refractivity contribution in [1.82, 2.24) is 20.1 Å². The van der Waals surface area contributed by atoms with E-state index in [1.807, 2.05) is 11.5 Å². The summed E-state index contributed by atoms with van der Waals surface area (Å²) in [7, 11) is 0. The molecule has 25 heavy (non-hydrogen) atoms. The molecule has 2 N–H and O–H groups in total. The SMILES string of the molecule is Cc1nnc(CNC(=O)c2cc3c(cc2F)NC(=O)CC3)n1C1CC1. The van der Waals surface area contributed by atoms with E-state index in [0.717, 1.165) is 24.2 Å². The molecule has 0 unspecified atom stereocenters. The van der Waals surface area contributed by atoms with E-state index in [9.17, 15) is 14.0 Å². The monoisotopic (exact) mass is 343 g/mol. The number of carbonyl (C=O) groups is 2. The smallest absolute Gasteiger partial charge is 0.254 e. The number of hydrogen-bond acceptors (Lipinski definition) is 4. The van der Waals surface area contributed by atoms with Crippen LogP contribution in [0.15, 0.2) is 12.1 Å². The van der Waals surface area contributed by atoms with Gasteiger partial charge in [-0.05, 0) is 43.9 Å². The molecule has 0 saturated heterocycles. The van der Waals surface area contributed by atoms with Gasteiger partial charge in [0.2, 0.25) is 5.91 Å². The highest BCUT2D eigenvalue weighted by atomic mass is 19.1. The quantitative estimate of drug-likeness (QED) is 0.887. The fourth-order valence-corrected chi connectivity index (χ4v) is 3.17. The summed E-state index contributed by atoms with van der Waals surface area (Å²) in [6, 6.07) is 3.13. The van der Waals surface area contributed by atoms with Crippen molar-refractivity contribution in [2.45, 2.75) is 45.2 Å². The minimum absolute atomic E-state index is 0.0240. The summed E-state index contributed by atoms with van der Waals surface area (Å²) >= 11 is 0. The van der Waals surface area contributed by atoms with Crippen LogP contribution in [0.1, 0.15) is 52.9 Å². The standard InChI is InChI=1S/C17H18FN5O2/c1-9-21-22-15(23(9)11-3-4-11)8-19-17(25)12-6-10-2-5-16(24)20-14(10)7-13(12)18/h6-7,11H,2-5,8H2,1H3,(H,19,25)(H,20,24). The molecule has 1 aromatic carbocycles. The van der Waals surface area contributed by atoms with Gasteiger partial charge < -0.3 is 15.2 Å². The number of benzene rings is 1. The molecule has 2 heterocycles. The molecule has 0 radical (unpaired) electrons. The summed E-state index contributed by atoms with van der Waals surface area (Å²) in [5.41, 5.74) is 1.18. The van der Waals surface area contributed by atoms with Crippen molar-refractivity contribution in [3.05, 3.63) is 40.7 Å². The molecule has 1 aliphatic carbocycles. The molecule has 1 fully saturated rings. The van der Waals surface area contributed by atoms with Crippen LogP contribution in [-0.2, 0) is 17.8 Å². The number of halogens is 1. The van der Waals surface area contributed by atoms with Gasteiger partial charge in [-0.15, -0.1) is 10.2 Å². The van der Waals surface area contributed by atoms with Crippen LogP contribution < -0.4 is 10.6 Å². The van der Waals surface area contributed by atoms with Crippen LogP contribution in [0.25, 0.3) is 0 Å². The van der Waals surface area contributed by atoms with Crippen LogP contribution in [0.4, 0.5) is 10.1 Å². The van der Waals surface area contributed by atoms with Gasteiger partial charge in [0.15, 0.2) is 5.82 Å². The number of rotatable bonds is 4. The zero-order valence-electron chi connectivity index (χ0n) is 13.8. The second kappa shape index (κ2) is 5.94. The molecule has 0 atom stereocenters. The van der Waals surface area contributed by atoms with Gasteiger partial charge in [0.05, 0.1) is 12.1 Å². The molecule has 0 spiro atoms. The third-order valence-electron chi connectivity index (χ3n) is 4.59. The largest absolute Gasteiger partial charge is 0.345 e. The highest BCUT2D eigenvalue weighted by molar-refractivity contribution is 5.98. The van der Waals surface area contributed by atoms with Crippen molar-refractivity contribution in [1.29, 1.82) is 0 Å². The molecule has 4 rings (SSSR count). The van der Waals surface area contributed by atoms with Crippen LogP contribution >= 0.6 is 0 Å². The molecule has 1 aliphatic heterocycles. The maximum absolute atomic E-state index is 14.3. The lowest BCUT2D eigenvalue weighted by Gasteiger charge is -2.18. The second-order valence-corrected chi connectivity index (χ2v) is 6.48. The first kappa shape index (κ1) is 15.7. The fraction of sp³-hybridized carbons (Fsp3) is 0.412. The summed E-state index contributed by atoms with van der Waals surface area (Å²) in [5.74, 6) is 0.207. The number of hydrogen-bond donors (Lipinski definition) is 2. The maximum atomic E-state index is 14.3. The topological polar surface area (TPSA) is 88.9 Å². The van der Waals surface area contributed by atoms with Gasteiger partial charge >= 0.3 is 0 Å². The maximum Gasteiger partial charge on any atom is 0.254 e. The van der Waals surface area contributed by atoms with Crippen molar-refractivity contribution in [3.63, 3.8) is 0 Å². The minimum Gasteiger partial charge on any atom is -0.345 e. The Kier molecular flexibility index (Phi) is 3.74. The van der Waals surface area contributed by atoms with Crippen molar-refractivity contribution < 1.29 is 14.0 Å². The lowest BCUT2D eigenvalue weighted by Crippen LogP contribution is -2.27. The first-order valence-electron chi connectivity index (χ1n) is 8.34. The van der Waals surface area contributed by atoms with Crippen LogP contribution in [0.2, 0.25) is 0 Å². The Morgan fingerprint density at radius 2 is 2.16 bits per heavy atom. The number of fused-ring (bicyclic) bond motifs is 1. The molecule has 130 valence electrons. The molecular formula is C17H18FN5O2. The summed E-state index contributed by atoms with van der Waals surface area (Å²) < 4.78 is 16.3. The highest BCUT2D eigenvalue weighted by Gasteiger charge is 2.28. The van der Waals surface area contributed by atoms with E-state index in [1.165, 1.54) is 12.1 Å². The molecular weight excluding hydrogens is 325 g/mol. The Hall–Kier alpha value is -2.77. The number of aryl methyl sites for hydroxylation is 2. The molecule has 7 nitrogen and oxygen atoms in total. The number of carbonyl (C=O) groups excluding carboxylic acids is 2. The summed E-state index contributed by atoms with van der Waals surface area (Å²) in [6.45, 7) is 2.08. The second-order valence-electron chi connectivity index (χ2n) is 6.48. The van der Waals surface area contributed by atoms with Gasteiger partial charge in [-0.2, -0.15) is 0 Å². The van der Waals surface area contributed by atoms with E-state index in [1.54, 1.807) is 0 Å². The summed E-state index contributed by atoms with van der Waals surface area (Å²) in [6.07, 6.45) is 3.01. The Bertz CT molecular complexity index is 872. The van der Waals surface area contributed by atoms with Gasteiger partial charge in [-0.1, -0.05) is 0 Å². The van der Waals surface area contributed by atoms with Crippen molar-refractivity contribution in [3.8, 4) is 0 Å². The lowest BCUT2D eigenvalue weighted by molar-refractivity contribution is -0.116. The zero-order chi connectivity index (χ0) is 17.6. The zero-order valence-corrected chi connectivity index (χ0v) is 13.8. The molecule has 1 saturated carbocycles. The number of nitrogens with zero attached hydrogens (tertiary/aromatic N) is 3. The predicted octanol–water partition coefficient (Wildman–Crippen LogP) is 1.88. The van der Waals surface area contributed by atoms with E-state index < -0.39 is 11.7 Å². The molecule has 0 bridgehead atoms. The highest BCUT2D eigenvalue weighted by Crippen LogP contribution is 2.36.